The fraction of sp³-hybridized carbons (Fsp3) is 0.455. The van der Waals surface area contributed by atoms with Gasteiger partial charge in [-0.2, -0.15) is 0 Å². The highest BCUT2D eigenvalue weighted by atomic mass is 79.9. The Morgan fingerprint density at radius 2 is 2.11 bits per heavy atom. The molecule has 104 valence electrons. The van der Waals surface area contributed by atoms with Crippen molar-refractivity contribution < 1.29 is 4.79 Å². The van der Waals surface area contributed by atoms with Crippen molar-refractivity contribution in [3.05, 3.63) is 28.5 Å². The van der Waals surface area contributed by atoms with E-state index in [4.69, 9.17) is 0 Å². The summed E-state index contributed by atoms with van der Waals surface area (Å²) in [5, 5.41) is 6.04. The summed E-state index contributed by atoms with van der Waals surface area (Å²) in [6, 6.07) is 3.76. The van der Waals surface area contributed by atoms with E-state index in [0.29, 0.717) is 12.2 Å². The van der Waals surface area contributed by atoms with Gasteiger partial charge in [0.25, 0.3) is 5.91 Å². The summed E-state index contributed by atoms with van der Waals surface area (Å²) in [6.45, 7) is 5.56. The van der Waals surface area contributed by atoms with Gasteiger partial charge in [0.1, 0.15) is 5.69 Å². The lowest BCUT2D eigenvalue weighted by molar-refractivity contribution is 0.0945. The lowest BCUT2D eigenvalue weighted by Crippen LogP contribution is -2.39. The zero-order valence-electron chi connectivity index (χ0n) is 10.3. The van der Waals surface area contributed by atoms with E-state index in [9.17, 15) is 4.79 Å². The summed E-state index contributed by atoms with van der Waals surface area (Å²) >= 11 is 3.27. The molecule has 0 aliphatic heterocycles. The molecule has 0 fully saturated rings. The zero-order valence-corrected chi connectivity index (χ0v) is 13.5. The maximum Gasteiger partial charge on any atom is 0.269 e. The summed E-state index contributed by atoms with van der Waals surface area (Å²) in [5.74, 6) is -0.141. The van der Waals surface area contributed by atoms with Crippen LogP contribution in [0.15, 0.2) is 22.8 Å². The van der Waals surface area contributed by atoms with E-state index >= 15 is 0 Å². The number of rotatable bonds is 5. The van der Waals surface area contributed by atoms with Gasteiger partial charge in [-0.05, 0) is 41.5 Å². The summed E-state index contributed by atoms with van der Waals surface area (Å²) in [4.78, 5) is 15.7. The Kier molecular flexibility index (Phi) is 11.7. The molecule has 2 N–H and O–H groups in total. The Hall–Kier alpha value is -0.360. The highest BCUT2D eigenvalue weighted by Gasteiger charge is 2.07. The molecule has 1 aromatic rings. The van der Waals surface area contributed by atoms with E-state index < -0.39 is 0 Å². The van der Waals surface area contributed by atoms with E-state index in [1.165, 1.54) is 0 Å². The van der Waals surface area contributed by atoms with E-state index in [-0.39, 0.29) is 36.8 Å². The molecule has 0 saturated carbocycles. The maximum absolute atomic E-state index is 11.6. The predicted molar refractivity (Wildman–Crippen MR) is 81.9 cm³/mol. The lowest BCUT2D eigenvalue weighted by Gasteiger charge is -2.12. The van der Waals surface area contributed by atoms with E-state index in [1.54, 1.807) is 18.3 Å². The van der Waals surface area contributed by atoms with Crippen LogP contribution in [-0.4, -0.2) is 30.0 Å². The number of hydrogen-bond acceptors (Lipinski definition) is 3. The largest absolute Gasteiger partial charge is 0.349 e. The van der Waals surface area contributed by atoms with Gasteiger partial charge < -0.3 is 10.6 Å². The standard InChI is InChI=1S/C11H16BrN3O.2ClH/c1-3-13-8(2)6-15-11(16)10-5-4-9(12)7-14-10;;/h4-5,7-8,13H,3,6H2,1-2H3,(H,15,16);2*1H/t8-;;/m1../s1. The van der Waals surface area contributed by atoms with Crippen LogP contribution in [0.2, 0.25) is 0 Å². The number of hydrogen-bond donors (Lipinski definition) is 2. The third-order valence-electron chi connectivity index (χ3n) is 2.08. The Bertz CT molecular complexity index is 349. The predicted octanol–water partition coefficient (Wildman–Crippen LogP) is 2.42. The molecule has 7 heteroatoms. The summed E-state index contributed by atoms with van der Waals surface area (Å²) in [7, 11) is 0. The normalized spacial score (nSPS) is 10.8. The Balaban J connectivity index is 0. The van der Waals surface area contributed by atoms with E-state index in [0.717, 1.165) is 11.0 Å². The van der Waals surface area contributed by atoms with Gasteiger partial charge in [0, 0.05) is 23.3 Å². The first-order valence-corrected chi connectivity index (χ1v) is 6.06. The third kappa shape index (κ3) is 7.16. The Morgan fingerprint density at radius 1 is 1.44 bits per heavy atom. The minimum Gasteiger partial charge on any atom is -0.349 e. The molecule has 0 radical (unpaired) electrons. The highest BCUT2D eigenvalue weighted by molar-refractivity contribution is 9.10. The van der Waals surface area contributed by atoms with Crippen LogP contribution in [0.1, 0.15) is 24.3 Å². The van der Waals surface area contributed by atoms with Gasteiger partial charge in [0.2, 0.25) is 0 Å². The SMILES string of the molecule is CCN[C@H](C)CNC(=O)c1ccc(Br)cn1.Cl.Cl. The molecule has 1 rings (SSSR count). The minimum absolute atomic E-state index is 0. The Labute approximate surface area is 128 Å². The second kappa shape index (κ2) is 10.6. The Morgan fingerprint density at radius 3 is 2.61 bits per heavy atom. The first kappa shape index (κ1) is 20.0. The molecule has 0 aromatic carbocycles. The zero-order chi connectivity index (χ0) is 12.0. The molecule has 0 unspecified atom stereocenters. The molecule has 4 nitrogen and oxygen atoms in total. The number of likely N-dealkylation sites (N-methyl/N-ethyl adjacent to an activating group) is 1. The second-order valence-corrected chi connectivity index (χ2v) is 4.45. The van der Waals surface area contributed by atoms with Gasteiger partial charge in [0.05, 0.1) is 0 Å². The average molecular weight is 359 g/mol. The van der Waals surface area contributed by atoms with Crippen LogP contribution in [-0.2, 0) is 0 Å². The topological polar surface area (TPSA) is 54.0 Å². The van der Waals surface area contributed by atoms with Gasteiger partial charge >= 0.3 is 0 Å². The molecule has 0 saturated heterocycles. The van der Waals surface area contributed by atoms with Crippen molar-refractivity contribution in [2.75, 3.05) is 13.1 Å². The van der Waals surface area contributed by atoms with Gasteiger partial charge in [-0.15, -0.1) is 24.8 Å². The van der Waals surface area contributed by atoms with Gasteiger partial charge in [-0.3, -0.25) is 4.79 Å². The van der Waals surface area contributed by atoms with Crippen molar-refractivity contribution in [1.82, 2.24) is 15.6 Å². The van der Waals surface area contributed by atoms with Gasteiger partial charge in [-0.1, -0.05) is 6.92 Å². The fourth-order valence-corrected chi connectivity index (χ4v) is 1.50. The maximum atomic E-state index is 11.6. The van der Waals surface area contributed by atoms with Crippen LogP contribution in [0.5, 0.6) is 0 Å². The van der Waals surface area contributed by atoms with Crippen molar-refractivity contribution in [2.24, 2.45) is 0 Å². The monoisotopic (exact) mass is 357 g/mol. The van der Waals surface area contributed by atoms with Gasteiger partial charge in [-0.25, -0.2) is 4.98 Å². The summed E-state index contributed by atoms with van der Waals surface area (Å²) < 4.78 is 0.866. The molecule has 1 atom stereocenters. The molecule has 0 spiro atoms. The highest BCUT2D eigenvalue weighted by Crippen LogP contribution is 2.07. The molecule has 0 aliphatic rings. The number of pyridine rings is 1. The van der Waals surface area contributed by atoms with Crippen molar-refractivity contribution in [3.8, 4) is 0 Å². The first-order chi connectivity index (χ1) is 7.63. The van der Waals surface area contributed by atoms with Crippen LogP contribution >= 0.6 is 40.7 Å². The minimum atomic E-state index is -0.141. The second-order valence-electron chi connectivity index (χ2n) is 3.53. The molecule has 1 amide bonds. The van der Waals surface area contributed by atoms with Crippen molar-refractivity contribution in [3.63, 3.8) is 0 Å². The number of halogens is 3. The summed E-state index contributed by atoms with van der Waals surface area (Å²) in [5.41, 5.74) is 0.437. The molecule has 1 heterocycles. The molecular weight excluding hydrogens is 341 g/mol. The number of carbonyl (C=O) groups is 1. The smallest absolute Gasteiger partial charge is 0.269 e. The van der Waals surface area contributed by atoms with Crippen molar-refractivity contribution in [2.45, 2.75) is 19.9 Å². The number of nitrogens with one attached hydrogen (secondary N) is 2. The number of carbonyl (C=O) groups excluding carboxylic acids is 1. The van der Waals surface area contributed by atoms with E-state index in [2.05, 4.69) is 31.5 Å². The van der Waals surface area contributed by atoms with Crippen LogP contribution in [0.25, 0.3) is 0 Å². The van der Waals surface area contributed by atoms with Crippen LogP contribution in [0, 0.1) is 0 Å². The molecule has 18 heavy (non-hydrogen) atoms. The number of aromatic nitrogens is 1. The number of amides is 1. The van der Waals surface area contributed by atoms with Crippen molar-refractivity contribution in [1.29, 1.82) is 0 Å². The van der Waals surface area contributed by atoms with E-state index in [1.807, 2.05) is 13.8 Å². The van der Waals surface area contributed by atoms with Crippen LogP contribution in [0.4, 0.5) is 0 Å². The number of nitrogens with zero attached hydrogens (tertiary/aromatic N) is 1. The first-order valence-electron chi connectivity index (χ1n) is 5.26. The molecule has 1 aromatic heterocycles. The average Bonchev–Trinajstić information content (AvgIpc) is 2.27. The van der Waals surface area contributed by atoms with Crippen LogP contribution in [0.3, 0.4) is 0 Å². The third-order valence-corrected chi connectivity index (χ3v) is 2.55. The molecule has 0 bridgehead atoms. The quantitative estimate of drug-likeness (QED) is 0.849. The van der Waals surface area contributed by atoms with Gasteiger partial charge in [0.15, 0.2) is 0 Å². The van der Waals surface area contributed by atoms with Crippen molar-refractivity contribution >= 4 is 46.7 Å². The lowest BCUT2D eigenvalue weighted by atomic mass is 10.3. The summed E-state index contributed by atoms with van der Waals surface area (Å²) in [6.07, 6.45) is 1.61. The van der Waals surface area contributed by atoms with Crippen LogP contribution < -0.4 is 10.6 Å². The molecular formula is C11H18BrCl2N3O. The fourth-order valence-electron chi connectivity index (χ4n) is 1.27. The molecule has 0 aliphatic carbocycles.